The number of nitrogens with one attached hydrogen (secondary N) is 2. The van der Waals surface area contributed by atoms with Gasteiger partial charge in [-0.05, 0) is 56.0 Å². The first-order valence-corrected chi connectivity index (χ1v) is 12.7. The van der Waals surface area contributed by atoms with Gasteiger partial charge in [0.1, 0.15) is 0 Å². The number of carbonyl (C=O) groups excluding carboxylic acids is 2. The maximum absolute atomic E-state index is 12.5. The number of ether oxygens (including phenoxy) is 1. The number of hydrogen-bond donors (Lipinski definition) is 2. The molecule has 0 bridgehead atoms. The first-order valence-electron chi connectivity index (χ1n) is 10.8. The maximum atomic E-state index is 12.5. The van der Waals surface area contributed by atoms with Crippen molar-refractivity contribution in [1.29, 1.82) is 0 Å². The molecule has 0 atom stereocenters. The molecule has 0 aliphatic rings. The molecular formula is C24H33N3O5S. The van der Waals surface area contributed by atoms with Gasteiger partial charge in [0.25, 0.3) is 5.91 Å². The summed E-state index contributed by atoms with van der Waals surface area (Å²) in [4.78, 5) is 25.0. The summed E-state index contributed by atoms with van der Waals surface area (Å²) in [5, 5.41) is 5.58. The molecule has 0 saturated carbocycles. The Labute approximate surface area is 196 Å². The fourth-order valence-electron chi connectivity index (χ4n) is 3.37. The van der Waals surface area contributed by atoms with Gasteiger partial charge in [0.05, 0.1) is 23.2 Å². The molecule has 0 aromatic heterocycles. The fraction of sp³-hybridized carbons (Fsp3) is 0.417. The van der Waals surface area contributed by atoms with Crippen LogP contribution in [0.15, 0.2) is 42.5 Å². The molecule has 0 heterocycles. The van der Waals surface area contributed by atoms with Gasteiger partial charge in [0, 0.05) is 33.2 Å². The Hall–Kier alpha value is -2.91. The predicted octanol–water partition coefficient (Wildman–Crippen LogP) is 3.25. The number of rotatable bonds is 12. The molecule has 0 aliphatic heterocycles. The van der Waals surface area contributed by atoms with E-state index in [0.29, 0.717) is 42.9 Å². The van der Waals surface area contributed by atoms with Crippen LogP contribution in [-0.2, 0) is 19.6 Å². The number of methoxy groups -OCH3 is 1. The van der Waals surface area contributed by atoms with Crippen molar-refractivity contribution in [2.75, 3.05) is 42.7 Å². The third-order valence-electron chi connectivity index (χ3n) is 5.27. The molecule has 0 fully saturated rings. The van der Waals surface area contributed by atoms with Crippen molar-refractivity contribution in [2.45, 2.75) is 33.1 Å². The van der Waals surface area contributed by atoms with E-state index < -0.39 is 10.0 Å². The van der Waals surface area contributed by atoms with Crippen molar-refractivity contribution in [2.24, 2.45) is 0 Å². The van der Waals surface area contributed by atoms with Crippen LogP contribution in [0.4, 0.5) is 11.4 Å². The summed E-state index contributed by atoms with van der Waals surface area (Å²) in [6, 6.07) is 12.3. The average Bonchev–Trinajstić information content (AvgIpc) is 2.76. The van der Waals surface area contributed by atoms with Crippen molar-refractivity contribution >= 4 is 33.2 Å². The molecule has 0 saturated heterocycles. The summed E-state index contributed by atoms with van der Waals surface area (Å²) in [5.74, 6) is -0.566. The van der Waals surface area contributed by atoms with E-state index in [0.717, 1.165) is 17.4 Å². The van der Waals surface area contributed by atoms with Crippen LogP contribution in [0.2, 0.25) is 0 Å². The maximum Gasteiger partial charge on any atom is 0.253 e. The minimum absolute atomic E-state index is 0.112. The molecule has 2 aromatic rings. The third kappa shape index (κ3) is 7.87. The van der Waals surface area contributed by atoms with E-state index in [1.807, 2.05) is 26.0 Å². The topological polar surface area (TPSA) is 105 Å². The van der Waals surface area contributed by atoms with E-state index in [9.17, 15) is 18.0 Å². The summed E-state index contributed by atoms with van der Waals surface area (Å²) in [6.07, 6.45) is 2.29. The van der Waals surface area contributed by atoms with Crippen LogP contribution in [0.5, 0.6) is 0 Å². The molecule has 0 aliphatic carbocycles. The highest BCUT2D eigenvalue weighted by atomic mass is 32.2. The summed E-state index contributed by atoms with van der Waals surface area (Å²) in [5.41, 5.74) is 3.29. The highest BCUT2D eigenvalue weighted by Crippen LogP contribution is 2.25. The standard InChI is InChI=1S/C24H33N3O5S/c1-18-10-7-13-22(19(18)2)27(33(4,30)31)16-8-14-23(28)26-21-12-6-5-11-20(21)24(29)25-15-9-17-32-3/h5-7,10-13H,8-9,14-17H2,1-4H3,(H,25,29)(H,26,28). The van der Waals surface area contributed by atoms with Crippen molar-refractivity contribution in [3.8, 4) is 0 Å². The lowest BCUT2D eigenvalue weighted by molar-refractivity contribution is -0.116. The van der Waals surface area contributed by atoms with Gasteiger partial charge in [0.15, 0.2) is 0 Å². The van der Waals surface area contributed by atoms with Crippen LogP contribution < -0.4 is 14.9 Å². The minimum Gasteiger partial charge on any atom is -0.385 e. The predicted molar refractivity (Wildman–Crippen MR) is 131 cm³/mol. The van der Waals surface area contributed by atoms with Gasteiger partial charge >= 0.3 is 0 Å². The number of carbonyl (C=O) groups is 2. The van der Waals surface area contributed by atoms with E-state index in [2.05, 4.69) is 10.6 Å². The van der Waals surface area contributed by atoms with Gasteiger partial charge in [0.2, 0.25) is 15.9 Å². The molecule has 180 valence electrons. The zero-order valence-electron chi connectivity index (χ0n) is 19.7. The molecule has 0 spiro atoms. The van der Waals surface area contributed by atoms with Crippen LogP contribution in [0.25, 0.3) is 0 Å². The monoisotopic (exact) mass is 475 g/mol. The first kappa shape index (κ1) is 26.3. The van der Waals surface area contributed by atoms with Crippen LogP contribution in [-0.4, -0.2) is 53.3 Å². The highest BCUT2D eigenvalue weighted by Gasteiger charge is 2.20. The Morgan fingerprint density at radius 1 is 1.03 bits per heavy atom. The molecule has 2 rings (SSSR count). The fourth-order valence-corrected chi connectivity index (χ4v) is 4.39. The molecule has 2 aromatic carbocycles. The van der Waals surface area contributed by atoms with Gasteiger partial charge in [-0.1, -0.05) is 24.3 Å². The van der Waals surface area contributed by atoms with E-state index in [4.69, 9.17) is 4.74 Å². The van der Waals surface area contributed by atoms with Crippen molar-refractivity contribution < 1.29 is 22.7 Å². The number of hydrogen-bond acceptors (Lipinski definition) is 5. The second kappa shape index (κ2) is 12.4. The molecule has 33 heavy (non-hydrogen) atoms. The summed E-state index contributed by atoms with van der Waals surface area (Å²) >= 11 is 0. The van der Waals surface area contributed by atoms with E-state index in [1.54, 1.807) is 37.4 Å². The lowest BCUT2D eigenvalue weighted by atomic mass is 10.1. The van der Waals surface area contributed by atoms with Crippen LogP contribution in [0.3, 0.4) is 0 Å². The Kier molecular flexibility index (Phi) is 9.87. The zero-order chi connectivity index (χ0) is 24.4. The minimum atomic E-state index is -3.51. The van der Waals surface area contributed by atoms with Crippen LogP contribution in [0, 0.1) is 13.8 Å². The third-order valence-corrected chi connectivity index (χ3v) is 6.45. The quantitative estimate of drug-likeness (QED) is 0.459. The highest BCUT2D eigenvalue weighted by molar-refractivity contribution is 7.92. The summed E-state index contributed by atoms with van der Waals surface area (Å²) < 4.78 is 31.1. The van der Waals surface area contributed by atoms with Crippen LogP contribution in [0.1, 0.15) is 40.7 Å². The number of sulfonamides is 1. The molecule has 9 heteroatoms. The summed E-state index contributed by atoms with van der Waals surface area (Å²) in [6.45, 7) is 5.00. The SMILES string of the molecule is COCCCNC(=O)c1ccccc1NC(=O)CCCN(c1cccc(C)c1C)S(C)(=O)=O. The molecular weight excluding hydrogens is 442 g/mol. The first-order chi connectivity index (χ1) is 15.6. The second-order valence-corrected chi connectivity index (χ2v) is 9.76. The number of para-hydroxylation sites is 1. The second-order valence-electron chi connectivity index (χ2n) is 7.85. The van der Waals surface area contributed by atoms with Crippen molar-refractivity contribution in [3.05, 3.63) is 59.2 Å². The van der Waals surface area contributed by atoms with Crippen molar-refractivity contribution in [3.63, 3.8) is 0 Å². The number of anilines is 2. The van der Waals surface area contributed by atoms with E-state index in [-0.39, 0.29) is 24.8 Å². The molecule has 8 nitrogen and oxygen atoms in total. The Bertz CT molecular complexity index is 1070. The lowest BCUT2D eigenvalue weighted by Gasteiger charge is -2.25. The van der Waals surface area contributed by atoms with Gasteiger partial charge in [-0.25, -0.2) is 8.42 Å². The van der Waals surface area contributed by atoms with Crippen molar-refractivity contribution in [1.82, 2.24) is 5.32 Å². The van der Waals surface area contributed by atoms with Gasteiger partial charge in [-0.3, -0.25) is 13.9 Å². The number of nitrogens with zero attached hydrogens (tertiary/aromatic N) is 1. The average molecular weight is 476 g/mol. The Morgan fingerprint density at radius 3 is 2.45 bits per heavy atom. The number of benzene rings is 2. The van der Waals surface area contributed by atoms with Gasteiger partial charge in [-0.15, -0.1) is 0 Å². The number of aryl methyl sites for hydroxylation is 1. The largest absolute Gasteiger partial charge is 0.385 e. The van der Waals surface area contributed by atoms with Gasteiger partial charge in [-0.2, -0.15) is 0 Å². The zero-order valence-corrected chi connectivity index (χ0v) is 20.5. The molecule has 0 unspecified atom stereocenters. The summed E-state index contributed by atoms with van der Waals surface area (Å²) in [7, 11) is -1.90. The molecule has 2 amide bonds. The van der Waals surface area contributed by atoms with Gasteiger partial charge < -0.3 is 15.4 Å². The van der Waals surface area contributed by atoms with E-state index in [1.165, 1.54) is 4.31 Å². The normalized spacial score (nSPS) is 11.2. The molecule has 2 N–H and O–H groups in total. The lowest BCUT2D eigenvalue weighted by Crippen LogP contribution is -2.32. The van der Waals surface area contributed by atoms with Crippen LogP contribution >= 0.6 is 0 Å². The van der Waals surface area contributed by atoms with E-state index >= 15 is 0 Å². The Balaban J connectivity index is 2.00. The molecule has 0 radical (unpaired) electrons. The number of amides is 2. The Morgan fingerprint density at radius 2 is 1.76 bits per heavy atom. The smallest absolute Gasteiger partial charge is 0.253 e.